The van der Waals surface area contributed by atoms with Crippen molar-refractivity contribution in [3.8, 4) is 5.75 Å². The van der Waals surface area contributed by atoms with Crippen LogP contribution in [0.25, 0.3) is 0 Å². The highest BCUT2D eigenvalue weighted by atomic mass is 19.1. The fourth-order valence-corrected chi connectivity index (χ4v) is 3.89. The van der Waals surface area contributed by atoms with Gasteiger partial charge in [0.2, 0.25) is 0 Å². The first-order valence-corrected chi connectivity index (χ1v) is 9.18. The lowest BCUT2D eigenvalue weighted by molar-refractivity contribution is -0.0875. The molecule has 0 aliphatic heterocycles. The molecule has 4 N–H and O–H groups in total. The highest BCUT2D eigenvalue weighted by Gasteiger charge is 2.40. The van der Waals surface area contributed by atoms with Crippen molar-refractivity contribution in [3.05, 3.63) is 47.0 Å². The molecular formula is C19H22FN3O4. The van der Waals surface area contributed by atoms with Crippen LogP contribution in [-0.2, 0) is 12.8 Å². The first kappa shape index (κ1) is 17.9. The van der Waals surface area contributed by atoms with Crippen LogP contribution < -0.4 is 10.1 Å². The van der Waals surface area contributed by atoms with Crippen molar-refractivity contribution in [1.82, 2.24) is 15.5 Å². The number of aromatic amines is 1. The van der Waals surface area contributed by atoms with E-state index in [1.54, 1.807) is 6.07 Å². The van der Waals surface area contributed by atoms with Crippen LogP contribution in [0.1, 0.15) is 41.0 Å². The normalized spacial score (nSPS) is 27.2. The maximum atomic E-state index is 13.3. The van der Waals surface area contributed by atoms with Crippen LogP contribution in [0.15, 0.2) is 24.3 Å². The predicted octanol–water partition coefficient (Wildman–Crippen LogP) is 1.10. The van der Waals surface area contributed by atoms with E-state index in [9.17, 15) is 19.4 Å². The number of hydrogen-bond donors (Lipinski definition) is 4. The number of carbonyl (C=O) groups excluding carboxylic acids is 1. The van der Waals surface area contributed by atoms with Gasteiger partial charge in [-0.25, -0.2) is 4.39 Å². The van der Waals surface area contributed by atoms with Crippen LogP contribution in [0.3, 0.4) is 0 Å². The van der Waals surface area contributed by atoms with Crippen LogP contribution >= 0.6 is 0 Å². The van der Waals surface area contributed by atoms with E-state index in [4.69, 9.17) is 4.74 Å². The van der Waals surface area contributed by atoms with E-state index in [0.29, 0.717) is 24.3 Å². The van der Waals surface area contributed by atoms with Crippen LogP contribution in [0.5, 0.6) is 5.75 Å². The lowest BCUT2D eigenvalue weighted by atomic mass is 9.87. The number of aliphatic hydroxyl groups excluding tert-OH is 2. The molecule has 144 valence electrons. The zero-order valence-corrected chi connectivity index (χ0v) is 14.7. The van der Waals surface area contributed by atoms with Gasteiger partial charge in [0.1, 0.15) is 29.9 Å². The standard InChI is InChI=1S/C19H22FN3O4/c20-10-3-1-4-11(9-10)27-15-8-7-14(17(24)18(15)25)21-19(26)16-12-5-2-6-13(12)22-23-16/h1,3-4,9,14-15,17-18,24-25H,2,5-8H2,(H,21,26)(H,22,23)/t14-,15-,17+,18+/m1/s1. The van der Waals surface area contributed by atoms with E-state index in [0.717, 1.165) is 30.5 Å². The number of H-pyrrole nitrogens is 1. The topological polar surface area (TPSA) is 107 Å². The minimum atomic E-state index is -1.20. The predicted molar refractivity (Wildman–Crippen MR) is 93.9 cm³/mol. The van der Waals surface area contributed by atoms with Gasteiger partial charge < -0.3 is 20.3 Å². The molecule has 4 rings (SSSR count). The molecule has 2 aliphatic carbocycles. The Morgan fingerprint density at radius 1 is 1.26 bits per heavy atom. The van der Waals surface area contributed by atoms with Crippen LogP contribution in [-0.4, -0.2) is 50.7 Å². The van der Waals surface area contributed by atoms with E-state index >= 15 is 0 Å². The lowest BCUT2D eigenvalue weighted by Crippen LogP contribution is -2.57. The molecule has 1 heterocycles. The number of benzene rings is 1. The van der Waals surface area contributed by atoms with Crippen LogP contribution in [0, 0.1) is 5.82 Å². The van der Waals surface area contributed by atoms with Gasteiger partial charge in [0.25, 0.3) is 5.91 Å². The molecule has 1 aromatic carbocycles. The van der Waals surface area contributed by atoms with Crippen LogP contribution in [0.2, 0.25) is 0 Å². The largest absolute Gasteiger partial charge is 0.488 e. The summed E-state index contributed by atoms with van der Waals surface area (Å²) in [6.45, 7) is 0. The van der Waals surface area contributed by atoms with Gasteiger partial charge in [-0.3, -0.25) is 9.89 Å². The summed E-state index contributed by atoms with van der Waals surface area (Å²) >= 11 is 0. The Hall–Kier alpha value is -2.45. The summed E-state index contributed by atoms with van der Waals surface area (Å²) in [5.41, 5.74) is 2.29. The van der Waals surface area contributed by atoms with Crippen molar-refractivity contribution >= 4 is 5.91 Å². The quantitative estimate of drug-likeness (QED) is 0.640. The Kier molecular flexibility index (Phi) is 4.84. The molecular weight excluding hydrogens is 353 g/mol. The second kappa shape index (κ2) is 7.28. The molecule has 2 aliphatic rings. The average molecular weight is 375 g/mol. The molecule has 1 fully saturated rings. The maximum absolute atomic E-state index is 13.3. The summed E-state index contributed by atoms with van der Waals surface area (Å²) in [7, 11) is 0. The highest BCUT2D eigenvalue weighted by molar-refractivity contribution is 5.94. The van der Waals surface area contributed by atoms with Crippen molar-refractivity contribution in [2.45, 2.75) is 56.5 Å². The Balaban J connectivity index is 1.39. The van der Waals surface area contributed by atoms with Gasteiger partial charge in [-0.15, -0.1) is 0 Å². The Labute approximate surface area is 155 Å². The number of aliphatic hydroxyl groups is 2. The number of rotatable bonds is 4. The number of aryl methyl sites for hydroxylation is 1. The van der Waals surface area contributed by atoms with Gasteiger partial charge in [-0.2, -0.15) is 5.10 Å². The first-order valence-electron chi connectivity index (χ1n) is 9.18. The number of amides is 1. The van der Waals surface area contributed by atoms with E-state index < -0.39 is 30.2 Å². The van der Waals surface area contributed by atoms with Crippen molar-refractivity contribution in [2.75, 3.05) is 0 Å². The molecule has 0 unspecified atom stereocenters. The third-order valence-electron chi connectivity index (χ3n) is 5.33. The Morgan fingerprint density at radius 2 is 2.11 bits per heavy atom. The van der Waals surface area contributed by atoms with Gasteiger partial charge in [-0.05, 0) is 44.2 Å². The van der Waals surface area contributed by atoms with E-state index in [1.165, 1.54) is 18.2 Å². The smallest absolute Gasteiger partial charge is 0.272 e. The molecule has 0 spiro atoms. The molecule has 2 aromatic rings. The summed E-state index contributed by atoms with van der Waals surface area (Å²) in [6.07, 6.45) is 0.478. The van der Waals surface area contributed by atoms with Gasteiger partial charge in [0.05, 0.1) is 6.04 Å². The monoisotopic (exact) mass is 375 g/mol. The summed E-state index contributed by atoms with van der Waals surface area (Å²) in [4.78, 5) is 12.5. The number of fused-ring (bicyclic) bond motifs is 1. The van der Waals surface area contributed by atoms with E-state index in [-0.39, 0.29) is 5.91 Å². The minimum absolute atomic E-state index is 0.292. The zero-order chi connectivity index (χ0) is 19.0. The zero-order valence-electron chi connectivity index (χ0n) is 14.7. The third kappa shape index (κ3) is 3.54. The van der Waals surface area contributed by atoms with Gasteiger partial charge >= 0.3 is 0 Å². The molecule has 0 radical (unpaired) electrons. The number of hydrogen-bond acceptors (Lipinski definition) is 5. The molecule has 4 atom stereocenters. The molecule has 1 amide bonds. The second-order valence-electron chi connectivity index (χ2n) is 7.14. The SMILES string of the molecule is O=C(N[C@@H]1CC[C@@H](Oc2cccc(F)c2)[C@H](O)[C@H]1O)c1n[nH]c2c1CCC2. The third-order valence-corrected chi connectivity index (χ3v) is 5.33. The Bertz CT molecular complexity index is 840. The molecule has 7 nitrogen and oxygen atoms in total. The molecule has 0 saturated heterocycles. The molecule has 1 saturated carbocycles. The summed E-state index contributed by atoms with van der Waals surface area (Å²) in [5.74, 6) is -0.494. The number of halogens is 1. The summed E-state index contributed by atoms with van der Waals surface area (Å²) in [5, 5.41) is 30.6. The number of ether oxygens (including phenoxy) is 1. The fraction of sp³-hybridized carbons (Fsp3) is 0.474. The van der Waals surface area contributed by atoms with Gasteiger partial charge in [0.15, 0.2) is 5.69 Å². The fourth-order valence-electron chi connectivity index (χ4n) is 3.89. The average Bonchev–Trinajstić information content (AvgIpc) is 3.25. The number of aromatic nitrogens is 2. The molecule has 8 heteroatoms. The van der Waals surface area contributed by atoms with Crippen molar-refractivity contribution in [3.63, 3.8) is 0 Å². The van der Waals surface area contributed by atoms with Gasteiger partial charge in [-0.1, -0.05) is 6.07 Å². The second-order valence-corrected chi connectivity index (χ2v) is 7.14. The molecule has 0 bridgehead atoms. The van der Waals surface area contributed by atoms with E-state index in [1.807, 2.05) is 0 Å². The van der Waals surface area contributed by atoms with Crippen LogP contribution in [0.4, 0.5) is 4.39 Å². The Morgan fingerprint density at radius 3 is 2.93 bits per heavy atom. The van der Waals surface area contributed by atoms with Crippen molar-refractivity contribution < 1.29 is 24.1 Å². The number of nitrogens with zero attached hydrogens (tertiary/aromatic N) is 1. The van der Waals surface area contributed by atoms with Crippen molar-refractivity contribution in [1.29, 1.82) is 0 Å². The maximum Gasteiger partial charge on any atom is 0.272 e. The lowest BCUT2D eigenvalue weighted by Gasteiger charge is -2.37. The first-order chi connectivity index (χ1) is 13.0. The summed E-state index contributed by atoms with van der Waals surface area (Å²) in [6, 6.07) is 5.03. The van der Waals surface area contributed by atoms with Crippen molar-refractivity contribution in [2.24, 2.45) is 0 Å². The molecule has 27 heavy (non-hydrogen) atoms. The number of nitrogens with one attached hydrogen (secondary N) is 2. The number of carbonyl (C=O) groups is 1. The molecule has 1 aromatic heterocycles. The van der Waals surface area contributed by atoms with Gasteiger partial charge in [0, 0.05) is 17.3 Å². The highest BCUT2D eigenvalue weighted by Crippen LogP contribution is 2.27. The van der Waals surface area contributed by atoms with E-state index in [2.05, 4.69) is 15.5 Å². The minimum Gasteiger partial charge on any atom is -0.488 e. The summed E-state index contributed by atoms with van der Waals surface area (Å²) < 4.78 is 18.9.